The van der Waals surface area contributed by atoms with Gasteiger partial charge in [0.25, 0.3) is 0 Å². The van der Waals surface area contributed by atoms with E-state index >= 15 is 0 Å². The van der Waals surface area contributed by atoms with Gasteiger partial charge in [-0.3, -0.25) is 9.79 Å². The lowest BCUT2D eigenvalue weighted by molar-refractivity contribution is -0.129. The highest BCUT2D eigenvalue weighted by Gasteiger charge is 2.25. The minimum absolute atomic E-state index is 0. The molecule has 27 heavy (non-hydrogen) atoms. The molecule has 2 N–H and O–H groups in total. The molecule has 2 rings (SSSR count). The third kappa shape index (κ3) is 8.04. The average molecular weight is 488 g/mol. The summed E-state index contributed by atoms with van der Waals surface area (Å²) < 4.78 is 5.62. The van der Waals surface area contributed by atoms with Crippen molar-refractivity contribution in [1.82, 2.24) is 15.5 Å². The summed E-state index contributed by atoms with van der Waals surface area (Å²) in [6.07, 6.45) is 1.76. The highest BCUT2D eigenvalue weighted by molar-refractivity contribution is 14.0. The van der Waals surface area contributed by atoms with E-state index in [0.717, 1.165) is 25.5 Å². The number of carbonyl (C=O) groups is 1. The van der Waals surface area contributed by atoms with Gasteiger partial charge >= 0.3 is 0 Å². The van der Waals surface area contributed by atoms with Gasteiger partial charge in [0.15, 0.2) is 5.96 Å². The van der Waals surface area contributed by atoms with Crippen molar-refractivity contribution in [2.24, 2.45) is 4.99 Å². The summed E-state index contributed by atoms with van der Waals surface area (Å²) in [6, 6.07) is 8.67. The molecule has 0 saturated carbocycles. The SMILES string of the molecule is CCC(=O)N1CCC(NC(=NC)NCc2ccc(COC(C)C)cc2)C1.I. The first-order valence-corrected chi connectivity index (χ1v) is 9.46. The van der Waals surface area contributed by atoms with Gasteiger partial charge in [0.05, 0.1) is 12.7 Å². The van der Waals surface area contributed by atoms with Gasteiger partial charge in [-0.25, -0.2) is 0 Å². The predicted octanol–water partition coefficient (Wildman–Crippen LogP) is 2.91. The van der Waals surface area contributed by atoms with Gasteiger partial charge < -0.3 is 20.3 Å². The van der Waals surface area contributed by atoms with Crippen LogP contribution in [0.4, 0.5) is 0 Å². The van der Waals surface area contributed by atoms with Crippen LogP contribution in [0.1, 0.15) is 44.7 Å². The van der Waals surface area contributed by atoms with Crippen LogP contribution in [0.15, 0.2) is 29.3 Å². The number of nitrogens with zero attached hydrogens (tertiary/aromatic N) is 2. The molecule has 152 valence electrons. The van der Waals surface area contributed by atoms with Crippen molar-refractivity contribution in [3.63, 3.8) is 0 Å². The van der Waals surface area contributed by atoms with E-state index in [1.165, 1.54) is 11.1 Å². The fraction of sp³-hybridized carbons (Fsp3) is 0.600. The molecule has 0 aliphatic carbocycles. The molecular formula is C20H33IN4O2. The van der Waals surface area contributed by atoms with Gasteiger partial charge in [-0.05, 0) is 31.4 Å². The summed E-state index contributed by atoms with van der Waals surface area (Å²) >= 11 is 0. The number of ether oxygens (including phenoxy) is 1. The topological polar surface area (TPSA) is 66.0 Å². The smallest absolute Gasteiger partial charge is 0.222 e. The van der Waals surface area contributed by atoms with Crippen molar-refractivity contribution < 1.29 is 9.53 Å². The Balaban J connectivity index is 0.00000364. The number of benzene rings is 1. The molecule has 1 aliphatic heterocycles. The number of nitrogens with one attached hydrogen (secondary N) is 2. The van der Waals surface area contributed by atoms with Crippen LogP contribution in [0.25, 0.3) is 0 Å². The number of guanidine groups is 1. The van der Waals surface area contributed by atoms with E-state index < -0.39 is 0 Å². The number of rotatable bonds is 7. The largest absolute Gasteiger partial charge is 0.374 e. The number of hydrogen-bond donors (Lipinski definition) is 2. The third-order valence-electron chi connectivity index (χ3n) is 4.47. The van der Waals surface area contributed by atoms with E-state index in [1.807, 2.05) is 25.7 Å². The van der Waals surface area contributed by atoms with Crippen LogP contribution in [0.3, 0.4) is 0 Å². The summed E-state index contributed by atoms with van der Waals surface area (Å²) in [5.41, 5.74) is 2.37. The summed E-state index contributed by atoms with van der Waals surface area (Å²) in [7, 11) is 1.77. The molecule has 7 heteroatoms. The maximum Gasteiger partial charge on any atom is 0.222 e. The minimum Gasteiger partial charge on any atom is -0.374 e. The van der Waals surface area contributed by atoms with Crippen LogP contribution in [0, 0.1) is 0 Å². The van der Waals surface area contributed by atoms with Crippen molar-refractivity contribution in [1.29, 1.82) is 0 Å². The molecule has 0 aromatic heterocycles. The quantitative estimate of drug-likeness (QED) is 0.352. The van der Waals surface area contributed by atoms with Gasteiger partial charge in [0.1, 0.15) is 0 Å². The highest BCUT2D eigenvalue weighted by Crippen LogP contribution is 2.11. The van der Waals surface area contributed by atoms with Crippen LogP contribution in [-0.2, 0) is 22.7 Å². The van der Waals surface area contributed by atoms with Crippen molar-refractivity contribution >= 4 is 35.8 Å². The highest BCUT2D eigenvalue weighted by atomic mass is 127. The number of halogens is 1. The molecule has 0 bridgehead atoms. The van der Waals surface area contributed by atoms with Gasteiger partial charge in [-0.15, -0.1) is 24.0 Å². The number of aliphatic imine (C=N–C) groups is 1. The minimum atomic E-state index is 0. The third-order valence-corrected chi connectivity index (χ3v) is 4.47. The Hall–Kier alpha value is -1.35. The van der Waals surface area contributed by atoms with E-state index in [4.69, 9.17) is 4.74 Å². The lowest BCUT2D eigenvalue weighted by Gasteiger charge is -2.19. The average Bonchev–Trinajstić information content (AvgIpc) is 3.12. The second-order valence-electron chi connectivity index (χ2n) is 6.93. The molecular weight excluding hydrogens is 455 g/mol. The number of amides is 1. The maximum absolute atomic E-state index is 11.8. The Morgan fingerprint density at radius 3 is 2.56 bits per heavy atom. The van der Waals surface area contributed by atoms with Gasteiger partial charge in [0.2, 0.25) is 5.91 Å². The Bertz CT molecular complexity index is 605. The lowest BCUT2D eigenvalue weighted by atomic mass is 10.1. The van der Waals surface area contributed by atoms with Crippen LogP contribution in [0.5, 0.6) is 0 Å². The molecule has 1 heterocycles. The molecule has 1 atom stereocenters. The summed E-state index contributed by atoms with van der Waals surface area (Å²) in [6.45, 7) is 8.90. The van der Waals surface area contributed by atoms with Crippen molar-refractivity contribution in [3.8, 4) is 0 Å². The number of likely N-dealkylation sites (tertiary alicyclic amines) is 1. The standard InChI is InChI=1S/C20H32N4O2.HI/c1-5-19(25)24-11-10-18(13-24)23-20(21-4)22-12-16-6-8-17(9-7-16)14-26-15(2)3;/h6-9,15,18H,5,10-14H2,1-4H3,(H2,21,22,23);1H. The second kappa shape index (κ2) is 12.2. The molecule has 1 fully saturated rings. The lowest BCUT2D eigenvalue weighted by Crippen LogP contribution is -2.44. The molecule has 1 aromatic rings. The Kier molecular flexibility index (Phi) is 10.7. The molecule has 1 saturated heterocycles. The fourth-order valence-corrected chi connectivity index (χ4v) is 2.92. The molecule has 0 spiro atoms. The zero-order valence-corrected chi connectivity index (χ0v) is 19.2. The van der Waals surface area contributed by atoms with E-state index in [1.54, 1.807) is 7.05 Å². The van der Waals surface area contributed by atoms with Gasteiger partial charge in [-0.2, -0.15) is 0 Å². The number of carbonyl (C=O) groups excluding carboxylic acids is 1. The fourth-order valence-electron chi connectivity index (χ4n) is 2.92. The van der Waals surface area contributed by atoms with E-state index in [0.29, 0.717) is 19.6 Å². The predicted molar refractivity (Wildman–Crippen MR) is 120 cm³/mol. The zero-order valence-electron chi connectivity index (χ0n) is 16.8. The van der Waals surface area contributed by atoms with Crippen molar-refractivity contribution in [2.45, 2.75) is 58.9 Å². The first-order chi connectivity index (χ1) is 12.5. The van der Waals surface area contributed by atoms with E-state index in [2.05, 4.69) is 39.9 Å². The normalized spacial score (nSPS) is 17.0. The molecule has 1 unspecified atom stereocenters. The molecule has 1 aliphatic rings. The van der Waals surface area contributed by atoms with Crippen LogP contribution in [0.2, 0.25) is 0 Å². The van der Waals surface area contributed by atoms with Gasteiger partial charge in [0, 0.05) is 39.1 Å². The summed E-state index contributed by atoms with van der Waals surface area (Å²) in [5, 5.41) is 6.76. The molecule has 6 nitrogen and oxygen atoms in total. The van der Waals surface area contributed by atoms with E-state index in [-0.39, 0.29) is 42.0 Å². The van der Waals surface area contributed by atoms with E-state index in [9.17, 15) is 4.79 Å². The zero-order chi connectivity index (χ0) is 18.9. The maximum atomic E-state index is 11.8. The van der Waals surface area contributed by atoms with Crippen molar-refractivity contribution in [2.75, 3.05) is 20.1 Å². The first-order valence-electron chi connectivity index (χ1n) is 9.46. The van der Waals surface area contributed by atoms with Crippen LogP contribution < -0.4 is 10.6 Å². The van der Waals surface area contributed by atoms with Crippen LogP contribution in [-0.4, -0.2) is 49.0 Å². The molecule has 1 amide bonds. The second-order valence-corrected chi connectivity index (χ2v) is 6.93. The monoisotopic (exact) mass is 488 g/mol. The van der Waals surface area contributed by atoms with Crippen LogP contribution >= 0.6 is 24.0 Å². The Morgan fingerprint density at radius 1 is 1.30 bits per heavy atom. The first kappa shape index (κ1) is 23.7. The Morgan fingerprint density at radius 2 is 1.96 bits per heavy atom. The summed E-state index contributed by atoms with van der Waals surface area (Å²) in [4.78, 5) is 18.0. The van der Waals surface area contributed by atoms with Gasteiger partial charge in [-0.1, -0.05) is 31.2 Å². The van der Waals surface area contributed by atoms with Crippen molar-refractivity contribution in [3.05, 3.63) is 35.4 Å². The number of hydrogen-bond acceptors (Lipinski definition) is 3. The molecule has 0 radical (unpaired) electrons. The molecule has 1 aromatic carbocycles. The summed E-state index contributed by atoms with van der Waals surface area (Å²) in [5.74, 6) is 0.992. The Labute approximate surface area is 180 Å².